The minimum atomic E-state index is -0.557. The number of nitrogens with zero attached hydrogens (tertiary/aromatic N) is 1. The van der Waals surface area contributed by atoms with Gasteiger partial charge in [-0.15, -0.1) is 0 Å². The molecule has 1 N–H and O–H groups in total. The Bertz CT molecular complexity index is 265. The molecule has 0 aromatic heterocycles. The monoisotopic (exact) mass is 239 g/mol. The molecule has 0 spiro atoms. The average Bonchev–Trinajstić information content (AvgIpc) is 3.13. The highest BCUT2D eigenvalue weighted by atomic mass is 16.4. The van der Waals surface area contributed by atoms with E-state index in [9.17, 15) is 9.90 Å². The standard InChI is InChI=1S/C14H25NO2/c1-2-15(12-7-8-12)11-14(13(16)17)9-5-3-4-6-10-14/h12H,2-11H2,1H3,(H,16,17). The molecule has 2 fully saturated rings. The molecule has 2 saturated carbocycles. The summed E-state index contributed by atoms with van der Waals surface area (Å²) in [6.45, 7) is 3.94. The highest BCUT2D eigenvalue weighted by Gasteiger charge is 2.42. The van der Waals surface area contributed by atoms with E-state index < -0.39 is 11.4 Å². The maximum atomic E-state index is 11.7. The van der Waals surface area contributed by atoms with Crippen molar-refractivity contribution in [3.63, 3.8) is 0 Å². The van der Waals surface area contributed by atoms with Crippen LogP contribution in [0.3, 0.4) is 0 Å². The van der Waals surface area contributed by atoms with Crippen LogP contribution >= 0.6 is 0 Å². The summed E-state index contributed by atoms with van der Waals surface area (Å²) >= 11 is 0. The molecule has 0 bridgehead atoms. The number of carbonyl (C=O) groups is 1. The van der Waals surface area contributed by atoms with Gasteiger partial charge in [0.25, 0.3) is 0 Å². The SMILES string of the molecule is CCN(CC1(C(=O)O)CCCCCC1)C1CC1. The fourth-order valence-electron chi connectivity index (χ4n) is 3.17. The molecule has 2 aliphatic rings. The van der Waals surface area contributed by atoms with Gasteiger partial charge in [0.05, 0.1) is 5.41 Å². The number of carboxylic acids is 1. The van der Waals surface area contributed by atoms with Crippen LogP contribution in [0.2, 0.25) is 0 Å². The van der Waals surface area contributed by atoms with E-state index in [0.717, 1.165) is 38.8 Å². The molecular weight excluding hydrogens is 214 g/mol. The van der Waals surface area contributed by atoms with E-state index in [1.54, 1.807) is 0 Å². The molecule has 0 heterocycles. The summed E-state index contributed by atoms with van der Waals surface area (Å²) in [5.41, 5.74) is -0.449. The number of rotatable bonds is 5. The first-order valence-electron chi connectivity index (χ1n) is 7.15. The fourth-order valence-corrected chi connectivity index (χ4v) is 3.17. The Morgan fingerprint density at radius 1 is 1.24 bits per heavy atom. The van der Waals surface area contributed by atoms with Gasteiger partial charge >= 0.3 is 5.97 Å². The van der Waals surface area contributed by atoms with E-state index in [4.69, 9.17) is 0 Å². The van der Waals surface area contributed by atoms with Crippen molar-refractivity contribution in [1.29, 1.82) is 0 Å². The quantitative estimate of drug-likeness (QED) is 0.750. The summed E-state index contributed by atoms with van der Waals surface area (Å²) in [6, 6.07) is 0.680. The molecule has 0 unspecified atom stereocenters. The highest BCUT2D eigenvalue weighted by molar-refractivity contribution is 5.75. The van der Waals surface area contributed by atoms with Gasteiger partial charge in [-0.1, -0.05) is 32.6 Å². The van der Waals surface area contributed by atoms with E-state index >= 15 is 0 Å². The molecule has 0 aromatic rings. The van der Waals surface area contributed by atoms with Crippen molar-refractivity contribution in [2.24, 2.45) is 5.41 Å². The third kappa shape index (κ3) is 3.01. The minimum Gasteiger partial charge on any atom is -0.481 e. The Kier molecular flexibility index (Phi) is 4.08. The van der Waals surface area contributed by atoms with Gasteiger partial charge < -0.3 is 5.11 Å². The Morgan fingerprint density at radius 3 is 2.24 bits per heavy atom. The van der Waals surface area contributed by atoms with Gasteiger partial charge in [-0.25, -0.2) is 0 Å². The summed E-state index contributed by atoms with van der Waals surface area (Å²) in [6.07, 6.45) is 8.91. The lowest BCUT2D eigenvalue weighted by molar-refractivity contribution is -0.151. The molecule has 0 atom stereocenters. The summed E-state index contributed by atoms with van der Waals surface area (Å²) in [5.74, 6) is -0.557. The van der Waals surface area contributed by atoms with Crippen LogP contribution in [0.15, 0.2) is 0 Å². The Morgan fingerprint density at radius 2 is 1.82 bits per heavy atom. The molecule has 3 heteroatoms. The molecule has 0 amide bonds. The van der Waals surface area contributed by atoms with Crippen LogP contribution in [0.4, 0.5) is 0 Å². The summed E-state index contributed by atoms with van der Waals surface area (Å²) in [7, 11) is 0. The lowest BCUT2D eigenvalue weighted by atomic mass is 9.79. The third-order valence-corrected chi connectivity index (χ3v) is 4.49. The first-order chi connectivity index (χ1) is 8.18. The van der Waals surface area contributed by atoms with Crippen LogP contribution in [-0.4, -0.2) is 35.1 Å². The van der Waals surface area contributed by atoms with Gasteiger partial charge in [-0.3, -0.25) is 9.69 Å². The first kappa shape index (κ1) is 12.9. The molecule has 0 aromatic carbocycles. The van der Waals surface area contributed by atoms with Crippen LogP contribution in [0.25, 0.3) is 0 Å². The van der Waals surface area contributed by atoms with Gasteiger partial charge in [0.1, 0.15) is 0 Å². The Labute approximate surface area is 104 Å². The lowest BCUT2D eigenvalue weighted by Crippen LogP contribution is -2.44. The van der Waals surface area contributed by atoms with Gasteiger partial charge in [0.2, 0.25) is 0 Å². The molecular formula is C14H25NO2. The van der Waals surface area contributed by atoms with E-state index in [2.05, 4.69) is 11.8 Å². The van der Waals surface area contributed by atoms with E-state index in [1.807, 2.05) is 0 Å². The molecule has 98 valence electrons. The molecule has 17 heavy (non-hydrogen) atoms. The summed E-state index contributed by atoms with van der Waals surface area (Å²) in [4.78, 5) is 14.1. The second-order valence-electron chi connectivity index (χ2n) is 5.79. The average molecular weight is 239 g/mol. The zero-order valence-electron chi connectivity index (χ0n) is 11.0. The predicted molar refractivity (Wildman–Crippen MR) is 68.0 cm³/mol. The van der Waals surface area contributed by atoms with Crippen LogP contribution in [0.5, 0.6) is 0 Å². The predicted octanol–water partition coefficient (Wildman–Crippen LogP) is 2.90. The second-order valence-corrected chi connectivity index (χ2v) is 5.79. The van der Waals surface area contributed by atoms with Crippen molar-refractivity contribution < 1.29 is 9.90 Å². The maximum Gasteiger partial charge on any atom is 0.310 e. The van der Waals surface area contributed by atoms with Crippen molar-refractivity contribution in [2.75, 3.05) is 13.1 Å². The zero-order valence-corrected chi connectivity index (χ0v) is 11.0. The maximum absolute atomic E-state index is 11.7. The smallest absolute Gasteiger partial charge is 0.310 e. The van der Waals surface area contributed by atoms with Crippen molar-refractivity contribution in [1.82, 2.24) is 4.90 Å². The molecule has 0 saturated heterocycles. The number of carboxylic acid groups (broad SMARTS) is 1. The molecule has 0 radical (unpaired) electrons. The largest absolute Gasteiger partial charge is 0.481 e. The summed E-state index contributed by atoms with van der Waals surface area (Å²) < 4.78 is 0. The number of hydrogen-bond donors (Lipinski definition) is 1. The lowest BCUT2D eigenvalue weighted by Gasteiger charge is -2.34. The van der Waals surface area contributed by atoms with E-state index in [0.29, 0.717) is 6.04 Å². The highest BCUT2D eigenvalue weighted by Crippen LogP contribution is 2.38. The van der Waals surface area contributed by atoms with Gasteiger partial charge in [0, 0.05) is 12.6 Å². The Balaban J connectivity index is 2.05. The zero-order chi connectivity index (χ0) is 12.3. The molecule has 3 nitrogen and oxygen atoms in total. The number of hydrogen-bond acceptors (Lipinski definition) is 2. The Hall–Kier alpha value is -0.570. The van der Waals surface area contributed by atoms with Crippen molar-refractivity contribution >= 4 is 5.97 Å². The number of aliphatic carboxylic acids is 1. The van der Waals surface area contributed by atoms with Gasteiger partial charge in [0.15, 0.2) is 0 Å². The topological polar surface area (TPSA) is 40.5 Å². The van der Waals surface area contributed by atoms with Crippen molar-refractivity contribution in [3.8, 4) is 0 Å². The normalized spacial score (nSPS) is 24.6. The third-order valence-electron chi connectivity index (χ3n) is 4.49. The minimum absolute atomic E-state index is 0.449. The van der Waals surface area contributed by atoms with E-state index in [-0.39, 0.29) is 0 Å². The van der Waals surface area contributed by atoms with Gasteiger partial charge in [-0.2, -0.15) is 0 Å². The summed E-state index contributed by atoms with van der Waals surface area (Å²) in [5, 5.41) is 9.63. The van der Waals surface area contributed by atoms with Crippen LogP contribution in [0.1, 0.15) is 58.3 Å². The fraction of sp³-hybridized carbons (Fsp3) is 0.929. The van der Waals surface area contributed by atoms with Gasteiger partial charge in [-0.05, 0) is 32.2 Å². The molecule has 0 aliphatic heterocycles. The van der Waals surface area contributed by atoms with E-state index in [1.165, 1.54) is 25.7 Å². The van der Waals surface area contributed by atoms with Crippen LogP contribution < -0.4 is 0 Å². The molecule has 2 rings (SSSR count). The van der Waals surface area contributed by atoms with Crippen molar-refractivity contribution in [2.45, 2.75) is 64.3 Å². The van der Waals surface area contributed by atoms with Crippen LogP contribution in [0, 0.1) is 5.41 Å². The molecule has 2 aliphatic carbocycles. The second kappa shape index (κ2) is 5.38. The van der Waals surface area contributed by atoms with Crippen molar-refractivity contribution in [3.05, 3.63) is 0 Å². The first-order valence-corrected chi connectivity index (χ1v) is 7.15. The van der Waals surface area contributed by atoms with Crippen LogP contribution in [-0.2, 0) is 4.79 Å².